The fraction of sp³-hybridized carbons (Fsp3) is 0.464. The van der Waals surface area contributed by atoms with Crippen molar-refractivity contribution in [3.8, 4) is 5.69 Å². The maximum absolute atomic E-state index is 13.7. The molecule has 0 radical (unpaired) electrons. The van der Waals surface area contributed by atoms with E-state index in [2.05, 4.69) is 52.1 Å². The lowest BCUT2D eigenvalue weighted by Crippen LogP contribution is -2.49. The Kier molecular flexibility index (Phi) is 5.80. The topological polar surface area (TPSA) is 81.0 Å². The van der Waals surface area contributed by atoms with Crippen LogP contribution in [0.5, 0.6) is 0 Å². The Labute approximate surface area is 210 Å². The van der Waals surface area contributed by atoms with Crippen LogP contribution in [0.4, 0.5) is 0 Å². The maximum Gasteiger partial charge on any atom is 0.279 e. The molecule has 2 aliphatic heterocycles. The van der Waals surface area contributed by atoms with Crippen LogP contribution < -0.4 is 5.56 Å². The van der Waals surface area contributed by atoms with E-state index in [1.54, 1.807) is 10.9 Å². The number of nitrogens with zero attached hydrogens (tertiary/aromatic N) is 5. The first-order chi connectivity index (χ1) is 17.4. The Morgan fingerprint density at radius 1 is 1.25 bits per heavy atom. The van der Waals surface area contributed by atoms with Gasteiger partial charge in [-0.25, -0.2) is 0 Å². The summed E-state index contributed by atoms with van der Waals surface area (Å²) in [7, 11) is 1.97. The first kappa shape index (κ1) is 23.2. The van der Waals surface area contributed by atoms with Gasteiger partial charge in [0.2, 0.25) is 0 Å². The average molecular weight is 487 g/mol. The Morgan fingerprint density at radius 2 is 2.11 bits per heavy atom. The lowest BCUT2D eigenvalue weighted by atomic mass is 9.75. The van der Waals surface area contributed by atoms with Gasteiger partial charge >= 0.3 is 0 Å². The average Bonchev–Trinajstić information content (AvgIpc) is 3.45. The van der Waals surface area contributed by atoms with Crippen molar-refractivity contribution in [3.63, 3.8) is 0 Å². The minimum atomic E-state index is -0.162. The van der Waals surface area contributed by atoms with Crippen molar-refractivity contribution < 1.29 is 4.74 Å². The third-order valence-electron chi connectivity index (χ3n) is 7.98. The zero-order valence-electron chi connectivity index (χ0n) is 21.3. The summed E-state index contributed by atoms with van der Waals surface area (Å²) in [4.78, 5) is 19.6. The van der Waals surface area contributed by atoms with Crippen LogP contribution in [0.1, 0.15) is 42.4 Å². The third kappa shape index (κ3) is 4.08. The van der Waals surface area contributed by atoms with E-state index < -0.39 is 0 Å². The summed E-state index contributed by atoms with van der Waals surface area (Å²) in [6.07, 6.45) is 6.99. The van der Waals surface area contributed by atoms with Crippen molar-refractivity contribution in [2.45, 2.75) is 45.1 Å². The summed E-state index contributed by atoms with van der Waals surface area (Å²) in [5, 5.41) is 9.34. The number of hydrogen-bond donors (Lipinski definition) is 1. The number of hydrogen-bond acceptors (Lipinski definition) is 5. The number of H-pyrrole nitrogens is 1. The molecule has 1 aromatic carbocycles. The standard InChI is InChI=1S/C28H34N6O2/c1-19-6-5-9-33(13-19)15-22-11-24-20(2)14-34(27(35)26(24)30-22)23-8-4-7-21(10-23)28(16-36-17-28)12-25-31-29-18-32(25)3/h4,7-8,10-11,14,18-19,30H,5-6,9,12-13,15-17H2,1-3H3/t19-/m0/s1. The highest BCUT2D eigenvalue weighted by Crippen LogP contribution is 2.36. The molecule has 1 atom stereocenters. The molecule has 0 unspecified atom stereocenters. The van der Waals surface area contributed by atoms with E-state index in [-0.39, 0.29) is 11.0 Å². The molecule has 0 saturated carbocycles. The first-order valence-electron chi connectivity index (χ1n) is 12.9. The lowest BCUT2D eigenvalue weighted by molar-refractivity contribution is -0.0611. The molecule has 188 valence electrons. The number of nitrogens with one attached hydrogen (secondary N) is 1. The van der Waals surface area contributed by atoms with Gasteiger partial charge in [-0.15, -0.1) is 10.2 Å². The number of aromatic nitrogens is 5. The van der Waals surface area contributed by atoms with E-state index in [1.807, 2.05) is 29.9 Å². The molecule has 0 spiro atoms. The summed E-state index contributed by atoms with van der Waals surface area (Å²) >= 11 is 0. The van der Waals surface area contributed by atoms with Crippen LogP contribution in [-0.2, 0) is 30.2 Å². The van der Waals surface area contributed by atoms with E-state index in [9.17, 15) is 4.79 Å². The van der Waals surface area contributed by atoms with Crippen molar-refractivity contribution in [2.24, 2.45) is 13.0 Å². The Bertz CT molecular complexity index is 1460. The molecule has 2 fully saturated rings. The molecule has 8 nitrogen and oxygen atoms in total. The van der Waals surface area contributed by atoms with Gasteiger partial charge in [-0.2, -0.15) is 0 Å². The molecule has 8 heteroatoms. The van der Waals surface area contributed by atoms with Crippen LogP contribution in [0.15, 0.2) is 47.7 Å². The van der Waals surface area contributed by atoms with E-state index in [0.717, 1.165) is 65.7 Å². The van der Waals surface area contributed by atoms with Gasteiger partial charge in [0.1, 0.15) is 17.7 Å². The first-order valence-corrected chi connectivity index (χ1v) is 12.9. The van der Waals surface area contributed by atoms with E-state index in [1.165, 1.54) is 12.8 Å². The minimum absolute atomic E-state index is 0.0155. The summed E-state index contributed by atoms with van der Waals surface area (Å²) in [5.74, 6) is 1.66. The van der Waals surface area contributed by atoms with Gasteiger partial charge in [0.05, 0.1) is 13.2 Å². The molecule has 2 aliphatic rings. The largest absolute Gasteiger partial charge is 0.379 e. The van der Waals surface area contributed by atoms with Crippen molar-refractivity contribution in [2.75, 3.05) is 26.3 Å². The smallest absolute Gasteiger partial charge is 0.279 e. The van der Waals surface area contributed by atoms with Crippen LogP contribution >= 0.6 is 0 Å². The van der Waals surface area contributed by atoms with Gasteiger partial charge in [-0.3, -0.25) is 14.3 Å². The van der Waals surface area contributed by atoms with Gasteiger partial charge < -0.3 is 14.3 Å². The van der Waals surface area contributed by atoms with Crippen molar-refractivity contribution in [1.29, 1.82) is 0 Å². The number of aryl methyl sites for hydroxylation is 2. The second-order valence-corrected chi connectivity index (χ2v) is 10.9. The Morgan fingerprint density at radius 3 is 2.83 bits per heavy atom. The molecule has 5 heterocycles. The summed E-state index contributed by atoms with van der Waals surface area (Å²) in [6.45, 7) is 8.76. The molecule has 0 bridgehead atoms. The number of aromatic amines is 1. The number of rotatable bonds is 6. The quantitative estimate of drug-likeness (QED) is 0.451. The van der Waals surface area contributed by atoms with E-state index in [4.69, 9.17) is 4.74 Å². The highest BCUT2D eigenvalue weighted by molar-refractivity contribution is 5.83. The number of pyridine rings is 1. The highest BCUT2D eigenvalue weighted by atomic mass is 16.5. The predicted octanol–water partition coefficient (Wildman–Crippen LogP) is 3.50. The molecule has 4 aromatic rings. The Hall–Kier alpha value is -3.23. The molecular weight excluding hydrogens is 452 g/mol. The van der Waals surface area contributed by atoms with Crippen LogP contribution in [0.3, 0.4) is 0 Å². The normalized spacial score (nSPS) is 20.0. The molecule has 6 rings (SSSR count). The molecule has 3 aromatic heterocycles. The van der Waals surface area contributed by atoms with Crippen LogP contribution in [0.25, 0.3) is 16.6 Å². The molecule has 36 heavy (non-hydrogen) atoms. The molecular formula is C28H34N6O2. The predicted molar refractivity (Wildman–Crippen MR) is 140 cm³/mol. The third-order valence-corrected chi connectivity index (χ3v) is 7.98. The summed E-state index contributed by atoms with van der Waals surface area (Å²) < 4.78 is 9.40. The van der Waals surface area contributed by atoms with Crippen LogP contribution in [0.2, 0.25) is 0 Å². The number of likely N-dealkylation sites (tertiary alicyclic amines) is 1. The van der Waals surface area contributed by atoms with Gasteiger partial charge in [-0.05, 0) is 61.6 Å². The molecule has 2 saturated heterocycles. The lowest BCUT2D eigenvalue weighted by Gasteiger charge is -2.41. The fourth-order valence-electron chi connectivity index (χ4n) is 5.86. The van der Waals surface area contributed by atoms with Gasteiger partial charge in [-0.1, -0.05) is 19.1 Å². The molecule has 1 N–H and O–H groups in total. The summed E-state index contributed by atoms with van der Waals surface area (Å²) in [6, 6.07) is 10.5. The zero-order valence-corrected chi connectivity index (χ0v) is 21.3. The number of fused-ring (bicyclic) bond motifs is 1. The molecule has 0 aliphatic carbocycles. The highest BCUT2D eigenvalue weighted by Gasteiger charge is 2.41. The number of ether oxygens (including phenoxy) is 1. The van der Waals surface area contributed by atoms with Crippen molar-refractivity contribution in [1.82, 2.24) is 29.2 Å². The minimum Gasteiger partial charge on any atom is -0.379 e. The number of benzene rings is 1. The second-order valence-electron chi connectivity index (χ2n) is 10.9. The van der Waals surface area contributed by atoms with E-state index in [0.29, 0.717) is 18.7 Å². The monoisotopic (exact) mass is 486 g/mol. The van der Waals surface area contributed by atoms with Gasteiger partial charge in [0.15, 0.2) is 0 Å². The molecule has 0 amide bonds. The van der Waals surface area contributed by atoms with E-state index >= 15 is 0 Å². The fourth-order valence-corrected chi connectivity index (χ4v) is 5.86. The Balaban J connectivity index is 1.34. The van der Waals surface area contributed by atoms with Crippen LogP contribution in [-0.4, -0.2) is 55.5 Å². The van der Waals surface area contributed by atoms with Gasteiger partial charge in [0, 0.05) is 54.9 Å². The summed E-state index contributed by atoms with van der Waals surface area (Å²) in [5.41, 5.74) is 4.73. The maximum atomic E-state index is 13.7. The van der Waals surface area contributed by atoms with Crippen molar-refractivity contribution >= 4 is 10.9 Å². The number of piperidine rings is 1. The van der Waals surface area contributed by atoms with Crippen LogP contribution in [0, 0.1) is 12.8 Å². The SMILES string of the molecule is Cc1cn(-c2cccc(C3(Cc4nncn4C)COC3)c2)c(=O)c2[nH]c(CN3CCC[C@H](C)C3)cc12. The van der Waals surface area contributed by atoms with Crippen molar-refractivity contribution in [3.05, 3.63) is 75.9 Å². The second kappa shape index (κ2) is 9.01. The zero-order chi connectivity index (χ0) is 24.9. The van der Waals surface area contributed by atoms with Gasteiger partial charge in [0.25, 0.3) is 5.56 Å².